The van der Waals surface area contributed by atoms with Crippen LogP contribution in [0.1, 0.15) is 33.9 Å². The lowest BCUT2D eigenvalue weighted by Gasteiger charge is -2.10. The number of aryl methyl sites for hydroxylation is 2. The number of aromatic carboxylic acids is 1. The van der Waals surface area contributed by atoms with Gasteiger partial charge in [-0.3, -0.25) is 4.68 Å². The number of carbonyl (C=O) groups is 1. The molecule has 3 N–H and O–H groups in total. The van der Waals surface area contributed by atoms with Gasteiger partial charge in [0.1, 0.15) is 29.5 Å². The highest BCUT2D eigenvalue weighted by molar-refractivity contribution is 6.03. The van der Waals surface area contributed by atoms with E-state index in [0.29, 0.717) is 70.4 Å². The smallest absolute Gasteiger partial charge is 0.352 e. The number of methoxy groups -OCH3 is 1. The number of rotatable bonds is 13. The van der Waals surface area contributed by atoms with E-state index in [-0.39, 0.29) is 18.9 Å². The quantitative estimate of drug-likeness (QED) is 0.111. The maximum absolute atomic E-state index is 12.5. The van der Waals surface area contributed by atoms with E-state index in [1.807, 2.05) is 84.9 Å². The van der Waals surface area contributed by atoms with E-state index in [2.05, 4.69) is 20.1 Å². The number of hydrogen-bond donors (Lipinski definition) is 3. The molecule has 0 saturated carbocycles. The van der Waals surface area contributed by atoms with Crippen molar-refractivity contribution in [1.29, 1.82) is 0 Å². The summed E-state index contributed by atoms with van der Waals surface area (Å²) in [6.45, 7) is 0.195. The van der Waals surface area contributed by atoms with Gasteiger partial charge < -0.3 is 29.4 Å². The Labute approximate surface area is 287 Å². The molecule has 0 aliphatic heterocycles. The lowest BCUT2D eigenvalue weighted by Crippen LogP contribution is -2.04. The lowest BCUT2D eigenvalue weighted by atomic mass is 9.98. The second-order valence-corrected chi connectivity index (χ2v) is 11.7. The summed E-state index contributed by atoms with van der Waals surface area (Å²) in [4.78, 5) is 24.6. The van der Waals surface area contributed by atoms with Crippen molar-refractivity contribution in [3.05, 3.63) is 120 Å². The molecule has 0 unspecified atom stereocenters. The van der Waals surface area contributed by atoms with Gasteiger partial charge in [0, 0.05) is 28.9 Å². The van der Waals surface area contributed by atoms with E-state index in [1.54, 1.807) is 31.2 Å². The Morgan fingerprint density at radius 3 is 2.36 bits per heavy atom. The standard InChI is InChI=1S/C39H35N5O6/c1-44-32(22-45)35(31(43-44)23-50-25-20-40-38(41-21-25)29-13-5-6-17-33(29)48-2)30-15-8-14-27-28(37(39(46)47)42-36(27)30)16-9-19-49-34-18-7-11-24-10-3-4-12-26(24)34/h3-8,10-15,17-18,20-21,42,45H,9,16,19,22-23H2,1-2H3,(H,46,47). The van der Waals surface area contributed by atoms with Gasteiger partial charge in [-0.1, -0.05) is 66.7 Å². The molecule has 11 heteroatoms. The van der Waals surface area contributed by atoms with Crippen molar-refractivity contribution in [2.45, 2.75) is 26.1 Å². The predicted octanol–water partition coefficient (Wildman–Crippen LogP) is 6.97. The number of aliphatic hydroxyl groups excluding tert-OH is 1. The normalized spacial score (nSPS) is 11.3. The molecule has 0 spiro atoms. The number of nitrogens with zero attached hydrogens (tertiary/aromatic N) is 4. The lowest BCUT2D eigenvalue weighted by molar-refractivity contribution is 0.0690. The van der Waals surface area contributed by atoms with Crippen LogP contribution in [0.4, 0.5) is 0 Å². The minimum Gasteiger partial charge on any atom is -0.496 e. The zero-order chi connectivity index (χ0) is 34.6. The summed E-state index contributed by atoms with van der Waals surface area (Å²) in [7, 11) is 3.35. The Kier molecular flexibility index (Phi) is 9.13. The largest absolute Gasteiger partial charge is 0.496 e. The zero-order valence-corrected chi connectivity index (χ0v) is 27.6. The number of benzene rings is 4. The summed E-state index contributed by atoms with van der Waals surface area (Å²) in [6, 6.07) is 27.2. The molecule has 11 nitrogen and oxygen atoms in total. The van der Waals surface area contributed by atoms with Gasteiger partial charge in [-0.15, -0.1) is 0 Å². The summed E-state index contributed by atoms with van der Waals surface area (Å²) < 4.78 is 19.3. The topological polar surface area (TPSA) is 145 Å². The molecule has 0 atom stereocenters. The van der Waals surface area contributed by atoms with Crippen LogP contribution in [-0.2, 0) is 26.7 Å². The fraction of sp³-hybridized carbons (Fsp3) is 0.179. The van der Waals surface area contributed by atoms with Gasteiger partial charge in [0.2, 0.25) is 0 Å². The molecule has 0 amide bonds. The molecular weight excluding hydrogens is 634 g/mol. The Morgan fingerprint density at radius 2 is 1.56 bits per heavy atom. The van der Waals surface area contributed by atoms with Crippen LogP contribution in [0.3, 0.4) is 0 Å². The van der Waals surface area contributed by atoms with Crippen LogP contribution in [0.25, 0.3) is 44.2 Å². The second kappa shape index (κ2) is 14.1. The first-order valence-electron chi connectivity index (χ1n) is 16.2. The molecule has 3 aromatic heterocycles. The fourth-order valence-corrected chi connectivity index (χ4v) is 6.40. The van der Waals surface area contributed by atoms with Crippen molar-refractivity contribution in [2.24, 2.45) is 7.05 Å². The number of carboxylic acid groups (broad SMARTS) is 1. The van der Waals surface area contributed by atoms with Gasteiger partial charge >= 0.3 is 5.97 Å². The molecule has 0 radical (unpaired) electrons. The average molecular weight is 670 g/mol. The number of aromatic amines is 1. The van der Waals surface area contributed by atoms with Crippen molar-refractivity contribution >= 4 is 27.6 Å². The molecule has 7 rings (SSSR count). The van der Waals surface area contributed by atoms with E-state index in [4.69, 9.17) is 14.2 Å². The predicted molar refractivity (Wildman–Crippen MR) is 189 cm³/mol. The first-order chi connectivity index (χ1) is 24.5. The van der Waals surface area contributed by atoms with Crippen LogP contribution in [0.2, 0.25) is 0 Å². The van der Waals surface area contributed by atoms with E-state index >= 15 is 0 Å². The summed E-state index contributed by atoms with van der Waals surface area (Å²) >= 11 is 0. The Bertz CT molecular complexity index is 2310. The highest BCUT2D eigenvalue weighted by Crippen LogP contribution is 2.37. The summed E-state index contributed by atoms with van der Waals surface area (Å²) in [5.41, 5.74) is 4.72. The highest BCUT2D eigenvalue weighted by atomic mass is 16.5. The van der Waals surface area contributed by atoms with Gasteiger partial charge in [0.25, 0.3) is 0 Å². The summed E-state index contributed by atoms with van der Waals surface area (Å²) in [6.07, 6.45) is 4.26. The van der Waals surface area contributed by atoms with Gasteiger partial charge in [0.05, 0.1) is 49.5 Å². The molecule has 0 bridgehead atoms. The third-order valence-corrected chi connectivity index (χ3v) is 8.74. The van der Waals surface area contributed by atoms with Crippen molar-refractivity contribution < 1.29 is 29.2 Å². The summed E-state index contributed by atoms with van der Waals surface area (Å²) in [5.74, 6) is 1.35. The summed E-state index contributed by atoms with van der Waals surface area (Å²) in [5, 5.41) is 28.2. The molecular formula is C39H35N5O6. The van der Waals surface area contributed by atoms with Crippen LogP contribution in [-0.4, -0.2) is 54.6 Å². The number of aliphatic hydroxyl groups is 1. The maximum atomic E-state index is 12.5. The number of carboxylic acids is 1. The molecule has 0 aliphatic rings. The van der Waals surface area contributed by atoms with Crippen LogP contribution in [0.5, 0.6) is 17.2 Å². The van der Waals surface area contributed by atoms with E-state index in [1.165, 1.54) is 0 Å². The molecule has 0 saturated heterocycles. The van der Waals surface area contributed by atoms with Crippen LogP contribution < -0.4 is 14.2 Å². The van der Waals surface area contributed by atoms with Crippen molar-refractivity contribution in [3.8, 4) is 39.8 Å². The SMILES string of the molecule is COc1ccccc1-c1ncc(OCc2nn(C)c(CO)c2-c2cccc3c(CCCOc4cccc5ccccc45)c(C(=O)O)[nH]c23)cn1. The number of H-pyrrole nitrogens is 1. The van der Waals surface area contributed by atoms with Gasteiger partial charge in [-0.05, 0) is 42.0 Å². The first-order valence-corrected chi connectivity index (χ1v) is 16.2. The average Bonchev–Trinajstić information content (AvgIpc) is 3.69. The van der Waals surface area contributed by atoms with Gasteiger partial charge in [0.15, 0.2) is 11.6 Å². The molecule has 50 heavy (non-hydrogen) atoms. The molecule has 3 heterocycles. The van der Waals surface area contributed by atoms with E-state index in [9.17, 15) is 15.0 Å². The van der Waals surface area contributed by atoms with Crippen LogP contribution in [0, 0.1) is 0 Å². The highest BCUT2D eigenvalue weighted by Gasteiger charge is 2.24. The Morgan fingerprint density at radius 1 is 0.860 bits per heavy atom. The van der Waals surface area contributed by atoms with Gasteiger partial charge in [-0.25, -0.2) is 14.8 Å². The number of para-hydroxylation sites is 2. The molecule has 0 fully saturated rings. The van der Waals surface area contributed by atoms with Crippen molar-refractivity contribution in [3.63, 3.8) is 0 Å². The minimum atomic E-state index is -1.05. The number of hydrogen-bond acceptors (Lipinski definition) is 8. The monoisotopic (exact) mass is 669 g/mol. The van der Waals surface area contributed by atoms with Crippen LogP contribution >= 0.6 is 0 Å². The molecule has 252 valence electrons. The minimum absolute atomic E-state index is 0.0573. The molecule has 7 aromatic rings. The Hall–Kier alpha value is -6.20. The van der Waals surface area contributed by atoms with Gasteiger partial charge in [-0.2, -0.15) is 5.10 Å². The maximum Gasteiger partial charge on any atom is 0.352 e. The fourth-order valence-electron chi connectivity index (χ4n) is 6.40. The van der Waals surface area contributed by atoms with E-state index < -0.39 is 5.97 Å². The Balaban J connectivity index is 1.15. The third-order valence-electron chi connectivity index (χ3n) is 8.74. The second-order valence-electron chi connectivity index (χ2n) is 11.7. The number of nitrogens with one attached hydrogen (secondary N) is 1. The zero-order valence-electron chi connectivity index (χ0n) is 27.6. The van der Waals surface area contributed by atoms with Crippen molar-refractivity contribution in [2.75, 3.05) is 13.7 Å². The number of aromatic nitrogens is 5. The first kappa shape index (κ1) is 32.4. The third kappa shape index (κ3) is 6.22. The van der Waals surface area contributed by atoms with E-state index in [0.717, 1.165) is 27.5 Å². The molecule has 0 aliphatic carbocycles. The number of ether oxygens (including phenoxy) is 3. The number of fused-ring (bicyclic) bond motifs is 2. The van der Waals surface area contributed by atoms with Crippen LogP contribution in [0.15, 0.2) is 97.3 Å². The molecule has 4 aromatic carbocycles. The van der Waals surface area contributed by atoms with Crippen molar-refractivity contribution in [1.82, 2.24) is 24.7 Å².